The number of aromatic nitrogens is 1. The highest BCUT2D eigenvalue weighted by atomic mass is 79.9. The van der Waals surface area contributed by atoms with Crippen LogP contribution in [-0.2, 0) is 10.9 Å². The summed E-state index contributed by atoms with van der Waals surface area (Å²) in [6, 6.07) is 5.01. The molecule has 2 rings (SSSR count). The normalized spacial score (nSPS) is 11.7. The first-order valence-corrected chi connectivity index (χ1v) is 6.47. The molecule has 7 heteroatoms. The molecule has 0 unspecified atom stereocenters. The number of benzene rings is 1. The van der Waals surface area contributed by atoms with Crippen molar-refractivity contribution >= 4 is 32.8 Å². The third-order valence-electron chi connectivity index (χ3n) is 2.56. The fourth-order valence-corrected chi connectivity index (χ4v) is 2.10. The fraction of sp³-hybridized carbons (Fsp3) is 0.231. The van der Waals surface area contributed by atoms with Crippen molar-refractivity contribution in [3.05, 3.63) is 40.0 Å². The molecule has 0 bridgehead atoms. The second kappa shape index (κ2) is 5.40. The average molecular weight is 348 g/mol. The van der Waals surface area contributed by atoms with Crippen molar-refractivity contribution in [3.63, 3.8) is 0 Å². The zero-order valence-electron chi connectivity index (χ0n) is 10.3. The maximum Gasteiger partial charge on any atom is 0.417 e. The largest absolute Gasteiger partial charge is 0.461 e. The van der Waals surface area contributed by atoms with Gasteiger partial charge in [-0.2, -0.15) is 13.2 Å². The van der Waals surface area contributed by atoms with Crippen LogP contribution >= 0.6 is 15.9 Å². The lowest BCUT2D eigenvalue weighted by Gasteiger charge is -2.12. The van der Waals surface area contributed by atoms with Crippen LogP contribution in [0.3, 0.4) is 0 Å². The number of carbonyl (C=O) groups is 1. The number of hydrogen-bond acceptors (Lipinski definition) is 3. The van der Waals surface area contributed by atoms with Crippen molar-refractivity contribution in [1.82, 2.24) is 4.98 Å². The van der Waals surface area contributed by atoms with Gasteiger partial charge in [-0.3, -0.25) is 0 Å². The minimum Gasteiger partial charge on any atom is -0.461 e. The van der Waals surface area contributed by atoms with Crippen LogP contribution in [0.5, 0.6) is 0 Å². The quantitative estimate of drug-likeness (QED) is 0.764. The van der Waals surface area contributed by atoms with Gasteiger partial charge in [0.2, 0.25) is 0 Å². The van der Waals surface area contributed by atoms with Crippen LogP contribution in [0.4, 0.5) is 13.2 Å². The molecule has 0 aliphatic carbocycles. The Morgan fingerprint density at radius 3 is 2.65 bits per heavy atom. The van der Waals surface area contributed by atoms with E-state index in [0.29, 0.717) is 10.5 Å². The van der Waals surface area contributed by atoms with Gasteiger partial charge in [0.1, 0.15) is 5.69 Å². The zero-order chi connectivity index (χ0) is 14.9. The first-order valence-electron chi connectivity index (χ1n) is 5.67. The number of carbonyl (C=O) groups excluding carboxylic acids is 1. The average Bonchev–Trinajstić information content (AvgIpc) is 2.36. The summed E-state index contributed by atoms with van der Waals surface area (Å²) in [6.45, 7) is 1.64. The van der Waals surface area contributed by atoms with E-state index >= 15 is 0 Å². The maximum atomic E-state index is 13.1. The van der Waals surface area contributed by atoms with Gasteiger partial charge in [0.25, 0.3) is 0 Å². The summed E-state index contributed by atoms with van der Waals surface area (Å²) in [5.74, 6) is -0.872. The van der Waals surface area contributed by atoms with Gasteiger partial charge in [0, 0.05) is 9.86 Å². The molecule has 3 nitrogen and oxygen atoms in total. The fourth-order valence-electron chi connectivity index (χ4n) is 1.74. The molecule has 0 spiro atoms. The summed E-state index contributed by atoms with van der Waals surface area (Å²) >= 11 is 3.12. The van der Waals surface area contributed by atoms with Gasteiger partial charge in [-0.25, -0.2) is 9.78 Å². The molecule has 0 fully saturated rings. The molecule has 0 saturated carbocycles. The smallest absolute Gasteiger partial charge is 0.417 e. The molecule has 0 aliphatic heterocycles. The summed E-state index contributed by atoms with van der Waals surface area (Å²) in [7, 11) is 0. The van der Waals surface area contributed by atoms with Crippen molar-refractivity contribution in [2.24, 2.45) is 0 Å². The third-order valence-corrected chi connectivity index (χ3v) is 3.05. The van der Waals surface area contributed by atoms with Crippen LogP contribution in [0.1, 0.15) is 23.0 Å². The van der Waals surface area contributed by atoms with E-state index in [-0.39, 0.29) is 23.2 Å². The van der Waals surface area contributed by atoms with Crippen LogP contribution < -0.4 is 0 Å². The Bertz CT molecular complexity index is 670. The van der Waals surface area contributed by atoms with Crippen molar-refractivity contribution in [3.8, 4) is 0 Å². The van der Waals surface area contributed by atoms with Gasteiger partial charge >= 0.3 is 12.1 Å². The van der Waals surface area contributed by atoms with Gasteiger partial charge in [-0.05, 0) is 31.2 Å². The van der Waals surface area contributed by atoms with Gasteiger partial charge in [0.15, 0.2) is 0 Å². The Labute approximate surface area is 120 Å². The maximum absolute atomic E-state index is 13.1. The lowest BCUT2D eigenvalue weighted by molar-refractivity contribution is -0.136. The lowest BCUT2D eigenvalue weighted by Crippen LogP contribution is -2.12. The summed E-state index contributed by atoms with van der Waals surface area (Å²) in [6.07, 6.45) is -4.58. The molecule has 0 aliphatic rings. The number of rotatable bonds is 2. The van der Waals surface area contributed by atoms with E-state index in [0.717, 1.165) is 0 Å². The Morgan fingerprint density at radius 2 is 2.05 bits per heavy atom. The van der Waals surface area contributed by atoms with Gasteiger partial charge in [-0.15, -0.1) is 0 Å². The number of ether oxygens (including phenoxy) is 1. The highest BCUT2D eigenvalue weighted by Gasteiger charge is 2.34. The van der Waals surface area contributed by atoms with E-state index in [9.17, 15) is 18.0 Å². The molecule has 20 heavy (non-hydrogen) atoms. The monoisotopic (exact) mass is 347 g/mol. The van der Waals surface area contributed by atoms with Crippen LogP contribution in [-0.4, -0.2) is 17.6 Å². The molecular weight excluding hydrogens is 339 g/mol. The topological polar surface area (TPSA) is 39.2 Å². The molecule has 0 radical (unpaired) electrons. The zero-order valence-corrected chi connectivity index (χ0v) is 11.9. The highest BCUT2D eigenvalue weighted by molar-refractivity contribution is 9.10. The van der Waals surface area contributed by atoms with Crippen LogP contribution in [0, 0.1) is 0 Å². The van der Waals surface area contributed by atoms with Crippen molar-refractivity contribution in [1.29, 1.82) is 0 Å². The van der Waals surface area contributed by atoms with E-state index in [1.807, 2.05) is 0 Å². The minimum absolute atomic E-state index is 0.0695. The third kappa shape index (κ3) is 2.92. The first kappa shape index (κ1) is 14.8. The van der Waals surface area contributed by atoms with E-state index in [1.54, 1.807) is 13.0 Å². The molecule has 0 atom stereocenters. The Hall–Kier alpha value is -1.63. The Balaban J connectivity index is 2.71. The predicted octanol–water partition coefficient (Wildman–Crippen LogP) is 4.19. The van der Waals surface area contributed by atoms with Crippen LogP contribution in [0.15, 0.2) is 28.7 Å². The van der Waals surface area contributed by atoms with E-state index in [4.69, 9.17) is 4.74 Å². The second-order valence-electron chi connectivity index (χ2n) is 3.93. The summed E-state index contributed by atoms with van der Waals surface area (Å²) in [4.78, 5) is 15.5. The predicted molar refractivity (Wildman–Crippen MR) is 70.4 cm³/mol. The number of pyridine rings is 1. The minimum atomic E-state index is -4.58. The number of halogens is 4. The summed E-state index contributed by atoms with van der Waals surface area (Å²) < 4.78 is 44.4. The van der Waals surface area contributed by atoms with E-state index in [1.165, 1.54) is 12.1 Å². The van der Waals surface area contributed by atoms with E-state index < -0.39 is 17.7 Å². The Morgan fingerprint density at radius 1 is 1.35 bits per heavy atom. The summed E-state index contributed by atoms with van der Waals surface area (Å²) in [5, 5.41) is -0.0695. The van der Waals surface area contributed by atoms with E-state index in [2.05, 4.69) is 20.9 Å². The number of esters is 1. The Kier molecular flexibility index (Phi) is 3.99. The number of alkyl halides is 3. The van der Waals surface area contributed by atoms with Crippen molar-refractivity contribution in [2.45, 2.75) is 13.1 Å². The van der Waals surface area contributed by atoms with Crippen molar-refractivity contribution in [2.75, 3.05) is 6.61 Å². The highest BCUT2D eigenvalue weighted by Crippen LogP contribution is 2.35. The number of hydrogen-bond donors (Lipinski definition) is 0. The molecule has 106 valence electrons. The number of nitrogens with zero attached hydrogens (tertiary/aromatic N) is 1. The van der Waals surface area contributed by atoms with Crippen LogP contribution in [0.25, 0.3) is 10.9 Å². The molecule has 1 aromatic heterocycles. The van der Waals surface area contributed by atoms with Crippen LogP contribution in [0.2, 0.25) is 0 Å². The molecule has 2 aromatic rings. The number of fused-ring (bicyclic) bond motifs is 1. The van der Waals surface area contributed by atoms with Gasteiger partial charge in [0.05, 0.1) is 17.7 Å². The molecular formula is C13H9BrF3NO2. The lowest BCUT2D eigenvalue weighted by atomic mass is 10.1. The molecule has 0 saturated heterocycles. The first-order chi connectivity index (χ1) is 9.32. The molecule has 1 aromatic carbocycles. The molecule has 0 N–H and O–H groups in total. The standard InChI is InChI=1S/C13H9BrF3NO2/c1-2-20-12(19)11-6-9(13(15,16)17)8-5-7(14)3-4-10(8)18-11/h3-6H,2H2,1H3. The molecule has 1 heterocycles. The SMILES string of the molecule is CCOC(=O)c1cc(C(F)(F)F)c2cc(Br)ccc2n1. The van der Waals surface area contributed by atoms with Gasteiger partial charge in [-0.1, -0.05) is 15.9 Å². The van der Waals surface area contributed by atoms with Gasteiger partial charge < -0.3 is 4.74 Å². The summed E-state index contributed by atoms with van der Waals surface area (Å²) in [5.41, 5.74) is -1.17. The molecule has 0 amide bonds. The second-order valence-corrected chi connectivity index (χ2v) is 4.85. The van der Waals surface area contributed by atoms with Crippen molar-refractivity contribution < 1.29 is 22.7 Å².